The minimum Gasteiger partial charge on any atom is -1.00 e. The molecule has 1 unspecified atom stereocenters. The van der Waals surface area contributed by atoms with Gasteiger partial charge in [-0.1, -0.05) is 6.92 Å². The quantitative estimate of drug-likeness (QED) is 0.363. The van der Waals surface area contributed by atoms with Gasteiger partial charge in [-0.05, 0) is 0 Å². The van der Waals surface area contributed by atoms with Crippen molar-refractivity contribution in [2.75, 3.05) is 6.54 Å². The second-order valence-corrected chi connectivity index (χ2v) is 3.66. The normalized spacial score (nSPS) is 13.2. The van der Waals surface area contributed by atoms with Crippen LogP contribution in [-0.4, -0.2) is 30.5 Å². The standard InChI is InChI=1S/C5H11NO4S.Na.H/c1-2-4(7)5(3-6)11(8,9)10;;/h5H,2-3,6H2,1H3,(H,8,9,10);;/q;+1;-1. The molecule has 3 N–H and O–H groups in total. The SMILES string of the molecule is CCC(=O)C(CN)S(=O)(=O)O.[H-].[Na+]. The largest absolute Gasteiger partial charge is 1.00 e. The summed E-state index contributed by atoms with van der Waals surface area (Å²) in [6.45, 7) is 1.14. The third-order valence-corrected chi connectivity index (χ3v) is 2.46. The summed E-state index contributed by atoms with van der Waals surface area (Å²) < 4.78 is 29.3. The van der Waals surface area contributed by atoms with E-state index in [4.69, 9.17) is 10.3 Å². The van der Waals surface area contributed by atoms with Crippen LogP contribution in [0.5, 0.6) is 0 Å². The third-order valence-electron chi connectivity index (χ3n) is 1.28. The third kappa shape index (κ3) is 4.54. The molecule has 0 saturated carbocycles. The summed E-state index contributed by atoms with van der Waals surface area (Å²) in [6, 6.07) is 0. The average molecular weight is 205 g/mol. The van der Waals surface area contributed by atoms with Gasteiger partial charge in [-0.2, -0.15) is 8.42 Å². The maximum absolute atomic E-state index is 10.8. The van der Waals surface area contributed by atoms with Crippen molar-refractivity contribution in [1.82, 2.24) is 0 Å². The van der Waals surface area contributed by atoms with Crippen LogP contribution in [0.1, 0.15) is 14.8 Å². The average Bonchev–Trinajstić information content (AvgIpc) is 1.86. The minimum absolute atomic E-state index is 0. The van der Waals surface area contributed by atoms with E-state index in [0.29, 0.717) is 0 Å². The van der Waals surface area contributed by atoms with Gasteiger partial charge < -0.3 is 7.16 Å². The number of hydrogen-bond donors (Lipinski definition) is 2. The molecule has 0 radical (unpaired) electrons. The summed E-state index contributed by atoms with van der Waals surface area (Å²) in [6.07, 6.45) is 0.0572. The molecule has 0 spiro atoms. The first-order valence-electron chi connectivity index (χ1n) is 3.12. The van der Waals surface area contributed by atoms with E-state index in [1.807, 2.05) is 0 Å². The molecule has 0 heterocycles. The molecule has 1 atom stereocenters. The number of nitrogens with two attached hydrogens (primary N) is 1. The summed E-state index contributed by atoms with van der Waals surface area (Å²) in [5, 5.41) is -1.45. The first-order chi connectivity index (χ1) is 4.93. The van der Waals surface area contributed by atoms with Gasteiger partial charge in [0.05, 0.1) is 0 Å². The fourth-order valence-corrected chi connectivity index (χ4v) is 1.39. The Bertz CT molecular complexity index is 243. The monoisotopic (exact) mass is 205 g/mol. The molecule has 0 saturated heterocycles. The Labute approximate surface area is 95.2 Å². The molecule has 0 aliphatic carbocycles. The van der Waals surface area contributed by atoms with E-state index >= 15 is 0 Å². The van der Waals surface area contributed by atoms with Crippen molar-refractivity contribution in [3.05, 3.63) is 0 Å². The second kappa shape index (κ2) is 6.06. The predicted octanol–water partition coefficient (Wildman–Crippen LogP) is -3.70. The Morgan fingerprint density at radius 1 is 1.67 bits per heavy atom. The number of rotatable bonds is 4. The fourth-order valence-electron chi connectivity index (χ4n) is 0.647. The van der Waals surface area contributed by atoms with Crippen molar-refractivity contribution in [2.45, 2.75) is 18.6 Å². The van der Waals surface area contributed by atoms with Gasteiger partial charge in [0.2, 0.25) is 0 Å². The number of hydrogen-bond acceptors (Lipinski definition) is 4. The van der Waals surface area contributed by atoms with Gasteiger partial charge in [-0.25, -0.2) is 0 Å². The molecule has 7 heteroatoms. The molecule has 0 aromatic carbocycles. The number of Topliss-reactive ketones (excluding diaryl/α,β-unsaturated/α-hetero) is 1. The van der Waals surface area contributed by atoms with Crippen LogP contribution in [0, 0.1) is 0 Å². The molecule has 0 fully saturated rings. The molecule has 5 nitrogen and oxygen atoms in total. The molecule has 0 aromatic rings. The van der Waals surface area contributed by atoms with E-state index in [2.05, 4.69) is 0 Å². The van der Waals surface area contributed by atoms with Crippen LogP contribution in [0.15, 0.2) is 0 Å². The smallest absolute Gasteiger partial charge is 1.00 e. The Balaban J connectivity index is -0.000000500. The maximum atomic E-state index is 10.8. The van der Waals surface area contributed by atoms with E-state index in [0.717, 1.165) is 0 Å². The van der Waals surface area contributed by atoms with Crippen LogP contribution in [-0.2, 0) is 14.9 Å². The van der Waals surface area contributed by atoms with Crippen molar-refractivity contribution < 1.29 is 48.7 Å². The maximum Gasteiger partial charge on any atom is 1.00 e. The van der Waals surface area contributed by atoms with Crippen molar-refractivity contribution in [3.63, 3.8) is 0 Å². The summed E-state index contributed by atoms with van der Waals surface area (Å²) in [4.78, 5) is 10.8. The van der Waals surface area contributed by atoms with Crippen LogP contribution in [0.4, 0.5) is 0 Å². The van der Waals surface area contributed by atoms with E-state index in [-0.39, 0.29) is 43.9 Å². The number of carbonyl (C=O) groups is 1. The number of ketones is 1. The van der Waals surface area contributed by atoms with Crippen LogP contribution in [0.3, 0.4) is 0 Å². The van der Waals surface area contributed by atoms with Crippen molar-refractivity contribution in [2.24, 2.45) is 5.73 Å². The topological polar surface area (TPSA) is 97.5 Å². The molecule has 68 valence electrons. The summed E-state index contributed by atoms with van der Waals surface area (Å²) in [7, 11) is -4.30. The number of carbonyl (C=O) groups excluding carboxylic acids is 1. The molecule has 0 bridgehead atoms. The summed E-state index contributed by atoms with van der Waals surface area (Å²) in [5.41, 5.74) is 4.98. The van der Waals surface area contributed by atoms with Crippen molar-refractivity contribution in [3.8, 4) is 0 Å². The van der Waals surface area contributed by atoms with Crippen molar-refractivity contribution >= 4 is 15.9 Å². The molecule has 0 aromatic heterocycles. The van der Waals surface area contributed by atoms with Gasteiger partial charge in [0.15, 0.2) is 11.0 Å². The van der Waals surface area contributed by atoms with Gasteiger partial charge in [-0.3, -0.25) is 9.35 Å². The molecular weight excluding hydrogens is 193 g/mol. The van der Waals surface area contributed by atoms with E-state index < -0.39 is 21.2 Å². The van der Waals surface area contributed by atoms with Gasteiger partial charge in [0.25, 0.3) is 10.1 Å². The summed E-state index contributed by atoms with van der Waals surface area (Å²) in [5.74, 6) is -0.560. The Morgan fingerprint density at radius 3 is 2.17 bits per heavy atom. The molecule has 0 rings (SSSR count). The van der Waals surface area contributed by atoms with Gasteiger partial charge in [-0.15, -0.1) is 0 Å². The molecular formula is C5H12NNaO4S. The molecule has 0 aliphatic rings. The fraction of sp³-hybridized carbons (Fsp3) is 0.800. The van der Waals surface area contributed by atoms with E-state index in [1.54, 1.807) is 0 Å². The second-order valence-electron chi connectivity index (χ2n) is 2.06. The molecule has 12 heavy (non-hydrogen) atoms. The molecule has 0 amide bonds. The first-order valence-corrected chi connectivity index (χ1v) is 4.62. The van der Waals surface area contributed by atoms with Crippen molar-refractivity contribution in [1.29, 1.82) is 0 Å². The van der Waals surface area contributed by atoms with E-state index in [9.17, 15) is 13.2 Å². The Morgan fingerprint density at radius 2 is 2.08 bits per heavy atom. The zero-order chi connectivity index (χ0) is 9.07. The zero-order valence-corrected chi connectivity index (χ0v) is 9.97. The first kappa shape index (κ1) is 15.0. The molecule has 0 aliphatic heterocycles. The predicted molar refractivity (Wildman–Crippen MR) is 40.8 cm³/mol. The van der Waals surface area contributed by atoms with Gasteiger partial charge in [0, 0.05) is 13.0 Å². The van der Waals surface area contributed by atoms with Gasteiger partial charge >= 0.3 is 29.6 Å². The zero-order valence-electron chi connectivity index (χ0n) is 8.15. The van der Waals surface area contributed by atoms with Crippen LogP contribution in [0.2, 0.25) is 0 Å². The van der Waals surface area contributed by atoms with Crippen LogP contribution < -0.4 is 35.3 Å². The van der Waals surface area contributed by atoms with E-state index in [1.165, 1.54) is 6.92 Å². The van der Waals surface area contributed by atoms with Crippen LogP contribution >= 0.6 is 0 Å². The minimum atomic E-state index is -4.30. The summed E-state index contributed by atoms with van der Waals surface area (Å²) >= 11 is 0. The van der Waals surface area contributed by atoms with Crippen LogP contribution in [0.25, 0.3) is 0 Å². The Kier molecular flexibility index (Phi) is 7.60. The Hall–Kier alpha value is 0.540. The van der Waals surface area contributed by atoms with Gasteiger partial charge in [0.1, 0.15) is 0 Å².